The van der Waals surface area contributed by atoms with Crippen molar-refractivity contribution in [1.29, 1.82) is 0 Å². The molecule has 4 atom stereocenters. The molecule has 2 aromatic carbocycles. The predicted octanol–water partition coefficient (Wildman–Crippen LogP) is 0.0477. The molecule has 4 unspecified atom stereocenters. The summed E-state index contributed by atoms with van der Waals surface area (Å²) in [6.07, 6.45) is 0.784. The molecule has 0 aliphatic carbocycles. The first-order valence-electron chi connectivity index (χ1n) is 13.5. The molecule has 0 spiro atoms. The van der Waals surface area contributed by atoms with Crippen LogP contribution in [0, 0.1) is 5.92 Å². The summed E-state index contributed by atoms with van der Waals surface area (Å²) in [6, 6.07) is 14.1. The largest absolute Gasteiger partial charge is 0.480 e. The number of hydrogen-bond donors (Lipinski definition) is 7. The van der Waals surface area contributed by atoms with Crippen molar-refractivity contribution in [3.63, 3.8) is 0 Å². The van der Waals surface area contributed by atoms with E-state index in [-0.39, 0.29) is 37.7 Å². The molecule has 10 N–H and O–H groups in total. The van der Waals surface area contributed by atoms with Crippen molar-refractivity contribution in [2.45, 2.75) is 63.7 Å². The average molecular weight is 568 g/mol. The Bertz CT molecular complexity index is 1170. The van der Waals surface area contributed by atoms with Gasteiger partial charge < -0.3 is 38.3 Å². The molecule has 3 amide bonds. The highest BCUT2D eigenvalue weighted by atomic mass is 16.4. The first-order chi connectivity index (χ1) is 19.5. The Kier molecular flexibility index (Phi) is 13.3. The molecule has 0 aliphatic rings. The van der Waals surface area contributed by atoms with Crippen LogP contribution < -0.4 is 33.2 Å². The molecule has 0 saturated heterocycles. The number of carboxylic acids is 1. The van der Waals surface area contributed by atoms with Gasteiger partial charge in [-0.3, -0.25) is 19.4 Å². The fourth-order valence-electron chi connectivity index (χ4n) is 4.11. The molecule has 0 radical (unpaired) electrons. The monoisotopic (exact) mass is 567 g/mol. The topological polar surface area (TPSA) is 215 Å². The lowest BCUT2D eigenvalue weighted by Crippen LogP contribution is -2.59. The summed E-state index contributed by atoms with van der Waals surface area (Å²) < 4.78 is 0. The summed E-state index contributed by atoms with van der Waals surface area (Å²) in [5.74, 6) is -3.43. The zero-order valence-corrected chi connectivity index (χ0v) is 23.5. The van der Waals surface area contributed by atoms with Crippen molar-refractivity contribution >= 4 is 29.7 Å². The molecular weight excluding hydrogens is 526 g/mol. The Morgan fingerprint density at radius 1 is 0.780 bits per heavy atom. The normalized spacial score (nSPS) is 13.8. The van der Waals surface area contributed by atoms with E-state index in [1.165, 1.54) is 0 Å². The molecule has 0 bridgehead atoms. The van der Waals surface area contributed by atoms with E-state index in [0.29, 0.717) is 6.42 Å². The van der Waals surface area contributed by atoms with Crippen LogP contribution in [0.2, 0.25) is 0 Å². The van der Waals surface area contributed by atoms with Gasteiger partial charge in [0, 0.05) is 13.0 Å². The number of amides is 3. The molecule has 12 heteroatoms. The lowest BCUT2D eigenvalue weighted by atomic mass is 9.99. The van der Waals surface area contributed by atoms with Crippen LogP contribution in [0.4, 0.5) is 0 Å². The number of benzene rings is 2. The van der Waals surface area contributed by atoms with Gasteiger partial charge >= 0.3 is 5.97 Å². The van der Waals surface area contributed by atoms with Crippen molar-refractivity contribution < 1.29 is 24.3 Å². The number of carboxylic acid groups (broad SMARTS) is 1. The van der Waals surface area contributed by atoms with Gasteiger partial charge in [0.2, 0.25) is 17.7 Å². The lowest BCUT2D eigenvalue weighted by Gasteiger charge is -2.27. The van der Waals surface area contributed by atoms with Crippen LogP contribution in [0.3, 0.4) is 0 Å². The molecule has 0 aromatic heterocycles. The van der Waals surface area contributed by atoms with Gasteiger partial charge in [0.25, 0.3) is 0 Å². The Hall–Kier alpha value is -4.45. The third-order valence-electron chi connectivity index (χ3n) is 6.36. The van der Waals surface area contributed by atoms with Crippen LogP contribution in [0.1, 0.15) is 37.8 Å². The van der Waals surface area contributed by atoms with E-state index in [1.54, 1.807) is 38.1 Å². The Balaban J connectivity index is 2.15. The van der Waals surface area contributed by atoms with Crippen LogP contribution in [-0.2, 0) is 32.0 Å². The Morgan fingerprint density at radius 2 is 1.32 bits per heavy atom. The number of nitrogens with two attached hydrogens (primary N) is 3. The van der Waals surface area contributed by atoms with Crippen LogP contribution in [0.25, 0.3) is 0 Å². The third kappa shape index (κ3) is 11.7. The number of carbonyl (C=O) groups is 4. The van der Waals surface area contributed by atoms with E-state index in [1.807, 2.05) is 36.4 Å². The molecule has 2 aromatic rings. The van der Waals surface area contributed by atoms with Gasteiger partial charge in [-0.05, 0) is 36.3 Å². The summed E-state index contributed by atoms with van der Waals surface area (Å²) in [5, 5.41) is 17.6. The molecule has 41 heavy (non-hydrogen) atoms. The number of nitrogens with one attached hydrogen (secondary N) is 3. The molecule has 0 fully saturated rings. The highest BCUT2D eigenvalue weighted by Crippen LogP contribution is 2.09. The van der Waals surface area contributed by atoms with E-state index < -0.39 is 47.9 Å². The summed E-state index contributed by atoms with van der Waals surface area (Å²) >= 11 is 0. The Labute approximate surface area is 240 Å². The second kappa shape index (κ2) is 16.6. The van der Waals surface area contributed by atoms with Crippen molar-refractivity contribution in [2.24, 2.45) is 28.1 Å². The molecule has 0 saturated carbocycles. The molecule has 222 valence electrons. The molecule has 0 aliphatic heterocycles. The number of aliphatic carboxylic acids is 1. The van der Waals surface area contributed by atoms with Crippen LogP contribution >= 0.6 is 0 Å². The van der Waals surface area contributed by atoms with E-state index in [9.17, 15) is 24.3 Å². The highest BCUT2D eigenvalue weighted by Gasteiger charge is 2.31. The second-order valence-electron chi connectivity index (χ2n) is 10.1. The molecule has 2 rings (SSSR count). The second-order valence-corrected chi connectivity index (χ2v) is 10.1. The van der Waals surface area contributed by atoms with Gasteiger partial charge in [0.05, 0.1) is 6.04 Å². The summed E-state index contributed by atoms with van der Waals surface area (Å²) in [7, 11) is 0. The van der Waals surface area contributed by atoms with Crippen molar-refractivity contribution in [3.05, 3.63) is 71.8 Å². The van der Waals surface area contributed by atoms with Gasteiger partial charge in [-0.1, -0.05) is 74.5 Å². The maximum Gasteiger partial charge on any atom is 0.326 e. The fourth-order valence-corrected chi connectivity index (χ4v) is 4.11. The quantitative estimate of drug-likeness (QED) is 0.0833. The predicted molar refractivity (Wildman–Crippen MR) is 156 cm³/mol. The number of hydrogen-bond acceptors (Lipinski definition) is 6. The molecule has 0 heterocycles. The van der Waals surface area contributed by atoms with E-state index in [0.717, 1.165) is 11.1 Å². The first-order valence-corrected chi connectivity index (χ1v) is 13.5. The van der Waals surface area contributed by atoms with E-state index >= 15 is 0 Å². The zero-order valence-electron chi connectivity index (χ0n) is 23.5. The lowest BCUT2D eigenvalue weighted by molar-refractivity contribution is -0.142. The number of nitrogens with zero attached hydrogens (tertiary/aromatic N) is 1. The number of aliphatic imine (C=N–C) groups is 1. The average Bonchev–Trinajstić information content (AvgIpc) is 2.93. The maximum absolute atomic E-state index is 13.4. The number of rotatable bonds is 16. The van der Waals surface area contributed by atoms with Gasteiger partial charge in [-0.25, -0.2) is 4.79 Å². The van der Waals surface area contributed by atoms with E-state index in [2.05, 4.69) is 20.9 Å². The molecule has 12 nitrogen and oxygen atoms in total. The van der Waals surface area contributed by atoms with Crippen molar-refractivity contribution in [3.8, 4) is 0 Å². The smallest absolute Gasteiger partial charge is 0.326 e. The van der Waals surface area contributed by atoms with Gasteiger partial charge in [0.1, 0.15) is 18.1 Å². The van der Waals surface area contributed by atoms with Crippen LogP contribution in [0.5, 0.6) is 0 Å². The molecular formula is C29H41N7O5. The highest BCUT2D eigenvalue weighted by molar-refractivity contribution is 5.94. The van der Waals surface area contributed by atoms with Crippen molar-refractivity contribution in [2.75, 3.05) is 6.54 Å². The van der Waals surface area contributed by atoms with Crippen molar-refractivity contribution in [1.82, 2.24) is 16.0 Å². The van der Waals surface area contributed by atoms with Gasteiger partial charge in [-0.2, -0.15) is 0 Å². The minimum atomic E-state index is -1.23. The number of guanidine groups is 1. The van der Waals surface area contributed by atoms with Gasteiger partial charge in [0.15, 0.2) is 5.96 Å². The third-order valence-corrected chi connectivity index (χ3v) is 6.36. The SMILES string of the molecule is CC(C)C(NC(=O)C(N)Cc1ccccc1)C(=O)NC(Cc1ccccc1)C(=O)NC(CCCN=C(N)N)C(=O)O. The zero-order chi connectivity index (χ0) is 30.4. The minimum Gasteiger partial charge on any atom is -0.480 e. The summed E-state index contributed by atoms with van der Waals surface area (Å²) in [6.45, 7) is 3.72. The van der Waals surface area contributed by atoms with Crippen LogP contribution in [0.15, 0.2) is 65.7 Å². The van der Waals surface area contributed by atoms with E-state index in [4.69, 9.17) is 17.2 Å². The summed E-state index contributed by atoms with van der Waals surface area (Å²) in [5.41, 5.74) is 18.4. The Morgan fingerprint density at radius 3 is 1.83 bits per heavy atom. The number of carbonyl (C=O) groups excluding carboxylic acids is 3. The summed E-state index contributed by atoms with van der Waals surface area (Å²) in [4.78, 5) is 55.2. The van der Waals surface area contributed by atoms with Crippen LogP contribution in [-0.4, -0.2) is 65.5 Å². The maximum atomic E-state index is 13.4. The fraction of sp³-hybridized carbons (Fsp3) is 0.414. The standard InChI is InChI=1S/C29H41N7O5/c1-18(2)24(36-25(37)21(30)16-19-10-5-3-6-11-19)27(39)35-23(17-20-12-7-4-8-13-20)26(38)34-22(28(40)41)14-9-15-33-29(31)32/h3-8,10-13,18,21-24H,9,14-17,30H2,1-2H3,(H,34,38)(H,35,39)(H,36,37)(H,40,41)(H4,31,32,33). The minimum absolute atomic E-state index is 0.0772. The van der Waals surface area contributed by atoms with Gasteiger partial charge in [-0.15, -0.1) is 0 Å². The first kappa shape index (κ1) is 32.8.